The first-order chi connectivity index (χ1) is 12.8. The van der Waals surface area contributed by atoms with Crippen molar-refractivity contribution in [1.29, 1.82) is 0 Å². The summed E-state index contributed by atoms with van der Waals surface area (Å²) in [6, 6.07) is 2.88. The third kappa shape index (κ3) is 5.24. The second kappa shape index (κ2) is 9.25. The predicted octanol–water partition coefficient (Wildman–Crippen LogP) is 0.904. The first kappa shape index (κ1) is 21.3. The second-order valence-corrected chi connectivity index (χ2v) is 8.30. The lowest BCUT2D eigenvalue weighted by Gasteiger charge is -2.35. The van der Waals surface area contributed by atoms with E-state index in [9.17, 15) is 17.6 Å². The maximum Gasteiger partial charge on any atom is 0.244 e. The number of pyridine rings is 1. The summed E-state index contributed by atoms with van der Waals surface area (Å²) in [5, 5.41) is 0. The van der Waals surface area contributed by atoms with Gasteiger partial charge in [-0.1, -0.05) is 0 Å². The zero-order valence-electron chi connectivity index (χ0n) is 15.5. The lowest BCUT2D eigenvalue weighted by molar-refractivity contribution is -0.130. The molecule has 2 rings (SSSR count). The summed E-state index contributed by atoms with van der Waals surface area (Å²) in [6.45, 7) is 2.15. The van der Waals surface area contributed by atoms with Crippen LogP contribution in [-0.2, 0) is 14.8 Å². The van der Waals surface area contributed by atoms with Crippen molar-refractivity contribution in [2.24, 2.45) is 5.73 Å². The number of carbonyl (C=O) groups excluding carboxylic acids is 1. The number of hydrogen-bond acceptors (Lipinski definition) is 6. The van der Waals surface area contributed by atoms with Crippen molar-refractivity contribution in [1.82, 2.24) is 14.2 Å². The van der Waals surface area contributed by atoms with Crippen molar-refractivity contribution in [2.45, 2.75) is 30.7 Å². The van der Waals surface area contributed by atoms with E-state index in [0.717, 1.165) is 0 Å². The van der Waals surface area contributed by atoms with Crippen LogP contribution in [0.2, 0.25) is 0 Å². The number of piperidine rings is 1. The molecular formula is C17H25FN4O4S. The molecule has 0 aromatic carbocycles. The van der Waals surface area contributed by atoms with Gasteiger partial charge in [-0.2, -0.15) is 4.31 Å². The molecular weight excluding hydrogens is 375 g/mol. The molecule has 8 nitrogen and oxygen atoms in total. The largest absolute Gasteiger partial charge is 0.473 e. The molecule has 0 radical (unpaired) electrons. The molecule has 1 aliphatic heterocycles. The number of ether oxygens (including phenoxy) is 1. The molecule has 0 atom stereocenters. The molecule has 0 spiro atoms. The highest BCUT2D eigenvalue weighted by Crippen LogP contribution is 2.23. The predicted molar refractivity (Wildman–Crippen MR) is 98.2 cm³/mol. The van der Waals surface area contributed by atoms with Crippen LogP contribution >= 0.6 is 0 Å². The van der Waals surface area contributed by atoms with Gasteiger partial charge in [0.05, 0.1) is 12.5 Å². The molecule has 1 fully saturated rings. The Morgan fingerprint density at radius 2 is 2.11 bits per heavy atom. The van der Waals surface area contributed by atoms with Gasteiger partial charge in [0.15, 0.2) is 0 Å². The minimum absolute atomic E-state index is 0.0255. The summed E-state index contributed by atoms with van der Waals surface area (Å²) >= 11 is 0. The molecule has 27 heavy (non-hydrogen) atoms. The Morgan fingerprint density at radius 3 is 2.59 bits per heavy atom. The Kier molecular flexibility index (Phi) is 7.28. The first-order valence-corrected chi connectivity index (χ1v) is 10.0. The maximum atomic E-state index is 12.8. The van der Waals surface area contributed by atoms with Crippen molar-refractivity contribution < 1.29 is 22.3 Å². The lowest BCUT2D eigenvalue weighted by Crippen LogP contribution is -2.46. The standard InChI is InChI=1S/C17H25FN4O4S/c1-13(23)21(2)15-5-7-22(8-6-15)27(24,25)16-3-4-17(20-11-16)26-12-14(9-18)10-19/h3-4,9,11,15H,5-8,10,12,19H2,1-2H3/b14-9+. The zero-order chi connectivity index (χ0) is 20.0. The number of nitrogens with two attached hydrogens (primary N) is 1. The van der Waals surface area contributed by atoms with Crippen LogP contribution < -0.4 is 10.5 Å². The SMILES string of the molecule is CC(=O)N(C)C1CCN(S(=O)(=O)c2ccc(OC/C(=C/F)CN)nc2)CC1. The third-order valence-electron chi connectivity index (χ3n) is 4.64. The van der Waals surface area contributed by atoms with Gasteiger partial charge in [0.2, 0.25) is 21.8 Å². The fourth-order valence-corrected chi connectivity index (χ4v) is 4.20. The molecule has 0 saturated carbocycles. The Bertz CT molecular complexity index is 775. The fourth-order valence-electron chi connectivity index (χ4n) is 2.78. The molecule has 1 aliphatic rings. The van der Waals surface area contributed by atoms with Crippen molar-refractivity contribution in [3.05, 3.63) is 30.2 Å². The smallest absolute Gasteiger partial charge is 0.244 e. The van der Waals surface area contributed by atoms with Crippen LogP contribution in [0.5, 0.6) is 5.88 Å². The monoisotopic (exact) mass is 400 g/mol. The van der Waals surface area contributed by atoms with Crippen molar-refractivity contribution in [3.8, 4) is 5.88 Å². The van der Waals surface area contributed by atoms with Gasteiger partial charge in [-0.15, -0.1) is 0 Å². The molecule has 0 bridgehead atoms. The van der Waals surface area contributed by atoms with Crippen LogP contribution in [0.3, 0.4) is 0 Å². The summed E-state index contributed by atoms with van der Waals surface area (Å²) in [6.07, 6.45) is 2.77. The number of aromatic nitrogens is 1. The highest BCUT2D eigenvalue weighted by molar-refractivity contribution is 7.89. The zero-order valence-corrected chi connectivity index (χ0v) is 16.3. The van der Waals surface area contributed by atoms with E-state index < -0.39 is 10.0 Å². The van der Waals surface area contributed by atoms with E-state index in [-0.39, 0.29) is 41.4 Å². The molecule has 1 aromatic rings. The fraction of sp³-hybridized carbons (Fsp3) is 0.529. The topological polar surface area (TPSA) is 106 Å². The summed E-state index contributed by atoms with van der Waals surface area (Å²) in [4.78, 5) is 17.1. The number of carbonyl (C=O) groups is 1. The molecule has 0 unspecified atom stereocenters. The molecule has 2 heterocycles. The number of nitrogens with zero attached hydrogens (tertiary/aromatic N) is 3. The summed E-state index contributed by atoms with van der Waals surface area (Å²) in [5.41, 5.74) is 5.61. The van der Waals surface area contributed by atoms with Gasteiger partial charge in [0.1, 0.15) is 11.5 Å². The maximum absolute atomic E-state index is 12.8. The van der Waals surface area contributed by atoms with Gasteiger partial charge < -0.3 is 15.4 Å². The van der Waals surface area contributed by atoms with E-state index in [1.54, 1.807) is 11.9 Å². The number of halogens is 1. The van der Waals surface area contributed by atoms with Crippen LogP contribution in [0.25, 0.3) is 0 Å². The average Bonchev–Trinajstić information content (AvgIpc) is 2.68. The highest BCUT2D eigenvalue weighted by Gasteiger charge is 2.31. The molecule has 1 aromatic heterocycles. The summed E-state index contributed by atoms with van der Waals surface area (Å²) in [5.74, 6) is 0.153. The normalized spacial score (nSPS) is 17.0. The Labute approximate surface area is 158 Å². The molecule has 10 heteroatoms. The molecule has 1 saturated heterocycles. The molecule has 0 aliphatic carbocycles. The molecule has 1 amide bonds. The second-order valence-electron chi connectivity index (χ2n) is 6.36. The number of rotatable bonds is 7. The van der Waals surface area contributed by atoms with E-state index in [4.69, 9.17) is 10.5 Å². The minimum atomic E-state index is -3.67. The van der Waals surface area contributed by atoms with Crippen molar-refractivity contribution in [3.63, 3.8) is 0 Å². The Hall–Kier alpha value is -2.04. The van der Waals surface area contributed by atoms with Crippen LogP contribution in [-0.4, -0.2) is 67.8 Å². The van der Waals surface area contributed by atoms with E-state index in [0.29, 0.717) is 32.3 Å². The highest BCUT2D eigenvalue weighted by atomic mass is 32.2. The van der Waals surface area contributed by atoms with Gasteiger partial charge in [0.25, 0.3) is 0 Å². The van der Waals surface area contributed by atoms with Gasteiger partial charge in [-0.3, -0.25) is 4.79 Å². The summed E-state index contributed by atoms with van der Waals surface area (Å²) in [7, 11) is -1.94. The number of amides is 1. The van der Waals surface area contributed by atoms with Crippen LogP contribution in [0.1, 0.15) is 19.8 Å². The molecule has 150 valence electrons. The summed E-state index contributed by atoms with van der Waals surface area (Å²) < 4.78 is 44.7. The van der Waals surface area contributed by atoms with Crippen molar-refractivity contribution >= 4 is 15.9 Å². The van der Waals surface area contributed by atoms with E-state index in [1.165, 1.54) is 29.6 Å². The Balaban J connectivity index is 2.00. The van der Waals surface area contributed by atoms with E-state index >= 15 is 0 Å². The van der Waals surface area contributed by atoms with Crippen LogP contribution in [0.15, 0.2) is 35.1 Å². The van der Waals surface area contributed by atoms with E-state index in [2.05, 4.69) is 4.98 Å². The number of sulfonamides is 1. The van der Waals surface area contributed by atoms with Crippen LogP contribution in [0, 0.1) is 0 Å². The van der Waals surface area contributed by atoms with Gasteiger partial charge in [0, 0.05) is 51.3 Å². The average molecular weight is 400 g/mol. The Morgan fingerprint density at radius 1 is 1.44 bits per heavy atom. The van der Waals surface area contributed by atoms with Crippen LogP contribution in [0.4, 0.5) is 4.39 Å². The minimum Gasteiger partial charge on any atom is -0.473 e. The quantitative estimate of drug-likeness (QED) is 0.729. The van der Waals surface area contributed by atoms with Gasteiger partial charge >= 0.3 is 0 Å². The van der Waals surface area contributed by atoms with E-state index in [1.807, 2.05) is 0 Å². The first-order valence-electron chi connectivity index (χ1n) is 8.60. The molecule has 2 N–H and O–H groups in total. The lowest BCUT2D eigenvalue weighted by atomic mass is 10.1. The van der Waals surface area contributed by atoms with Gasteiger partial charge in [-0.05, 0) is 18.9 Å². The van der Waals surface area contributed by atoms with Gasteiger partial charge in [-0.25, -0.2) is 17.8 Å². The van der Waals surface area contributed by atoms with Crippen molar-refractivity contribution in [2.75, 3.05) is 33.3 Å². The third-order valence-corrected chi connectivity index (χ3v) is 6.52. The number of hydrogen-bond donors (Lipinski definition) is 1.